The number of hydrogen-bond acceptors (Lipinski definition) is 2. The van der Waals surface area contributed by atoms with Crippen molar-refractivity contribution in [2.75, 3.05) is 26.7 Å². The molecule has 1 aliphatic heterocycles. The number of nitrogens with zero attached hydrogens (tertiary/aromatic N) is 1. The van der Waals surface area contributed by atoms with Crippen LogP contribution in [0.1, 0.15) is 25.3 Å². The quantitative estimate of drug-likeness (QED) is 0.899. The fourth-order valence-electron chi connectivity index (χ4n) is 3.11. The summed E-state index contributed by atoms with van der Waals surface area (Å²) in [6.07, 6.45) is 2.92. The molecule has 0 bridgehead atoms. The molecule has 1 unspecified atom stereocenters. The molecule has 1 heterocycles. The summed E-state index contributed by atoms with van der Waals surface area (Å²) in [6, 6.07) is 10.4. The van der Waals surface area contributed by atoms with Gasteiger partial charge in [-0.25, -0.2) is 0 Å². The Morgan fingerprint density at radius 3 is 2.74 bits per heavy atom. The topological polar surface area (TPSA) is 32.3 Å². The van der Waals surface area contributed by atoms with Crippen molar-refractivity contribution in [2.45, 2.75) is 26.2 Å². The fraction of sp³-hybridized carbons (Fsp3) is 0.562. The lowest BCUT2D eigenvalue weighted by atomic mass is 9.74. The van der Waals surface area contributed by atoms with E-state index >= 15 is 0 Å². The second kappa shape index (κ2) is 6.20. The molecule has 0 spiro atoms. The number of benzene rings is 1. The summed E-state index contributed by atoms with van der Waals surface area (Å²) in [5.74, 6) is 0.213. The van der Waals surface area contributed by atoms with E-state index in [0.29, 0.717) is 6.54 Å². The Balaban J connectivity index is 2.21. The van der Waals surface area contributed by atoms with Gasteiger partial charge in [0.1, 0.15) is 0 Å². The lowest BCUT2D eigenvalue weighted by Crippen LogP contribution is -2.52. The predicted molar refractivity (Wildman–Crippen MR) is 78.0 cm³/mol. The molecule has 1 aliphatic rings. The average molecular weight is 260 g/mol. The van der Waals surface area contributed by atoms with E-state index in [4.69, 9.17) is 0 Å². The molecule has 1 fully saturated rings. The zero-order valence-electron chi connectivity index (χ0n) is 12.0. The number of piperidine rings is 1. The lowest BCUT2D eigenvalue weighted by molar-refractivity contribution is -0.134. The van der Waals surface area contributed by atoms with Gasteiger partial charge in [0.25, 0.3) is 0 Å². The van der Waals surface area contributed by atoms with Gasteiger partial charge in [-0.15, -0.1) is 0 Å². The molecule has 3 heteroatoms. The third-order valence-electron chi connectivity index (χ3n) is 3.97. The van der Waals surface area contributed by atoms with E-state index in [0.717, 1.165) is 32.4 Å². The van der Waals surface area contributed by atoms with Crippen LogP contribution in [0.15, 0.2) is 30.3 Å². The number of carbonyl (C=O) groups excluding carboxylic acids is 1. The van der Waals surface area contributed by atoms with Gasteiger partial charge in [0.2, 0.25) is 5.91 Å². The molecule has 1 saturated heterocycles. The molecule has 0 aliphatic carbocycles. The third-order valence-corrected chi connectivity index (χ3v) is 3.97. The highest BCUT2D eigenvalue weighted by Crippen LogP contribution is 2.33. The van der Waals surface area contributed by atoms with Crippen LogP contribution in [0.4, 0.5) is 0 Å². The van der Waals surface area contributed by atoms with Gasteiger partial charge in [-0.05, 0) is 45.3 Å². The lowest BCUT2D eigenvalue weighted by Gasteiger charge is -2.40. The molecule has 104 valence electrons. The Labute approximate surface area is 116 Å². The first kappa shape index (κ1) is 14.1. The number of likely N-dealkylation sites (tertiary alicyclic amines) is 1. The molecule has 19 heavy (non-hydrogen) atoms. The van der Waals surface area contributed by atoms with E-state index < -0.39 is 0 Å². The molecule has 1 aromatic carbocycles. The summed E-state index contributed by atoms with van der Waals surface area (Å²) in [6.45, 7) is 4.64. The summed E-state index contributed by atoms with van der Waals surface area (Å²) in [5.41, 5.74) is 0.994. The highest BCUT2D eigenvalue weighted by Gasteiger charge is 2.40. The van der Waals surface area contributed by atoms with Gasteiger partial charge in [-0.2, -0.15) is 0 Å². The minimum atomic E-state index is -0.260. The van der Waals surface area contributed by atoms with Crippen LogP contribution in [0, 0.1) is 5.41 Å². The van der Waals surface area contributed by atoms with Gasteiger partial charge in [0.15, 0.2) is 0 Å². The van der Waals surface area contributed by atoms with Gasteiger partial charge < -0.3 is 10.2 Å². The molecule has 1 atom stereocenters. The van der Waals surface area contributed by atoms with E-state index in [9.17, 15) is 4.79 Å². The van der Waals surface area contributed by atoms with E-state index in [-0.39, 0.29) is 11.3 Å². The molecule has 1 amide bonds. The highest BCUT2D eigenvalue weighted by molar-refractivity contribution is 5.83. The molecular formula is C16H24N2O. The maximum absolute atomic E-state index is 12.5. The van der Waals surface area contributed by atoms with Crippen LogP contribution in [-0.2, 0) is 11.2 Å². The van der Waals surface area contributed by atoms with Crippen LogP contribution in [0.3, 0.4) is 0 Å². The van der Waals surface area contributed by atoms with Crippen LogP contribution >= 0.6 is 0 Å². The molecule has 1 aromatic rings. The average Bonchev–Trinajstić information content (AvgIpc) is 2.40. The fourth-order valence-corrected chi connectivity index (χ4v) is 3.11. The summed E-state index contributed by atoms with van der Waals surface area (Å²) < 4.78 is 0. The van der Waals surface area contributed by atoms with Crippen molar-refractivity contribution >= 4 is 5.91 Å². The van der Waals surface area contributed by atoms with Gasteiger partial charge in [-0.1, -0.05) is 30.3 Å². The number of nitrogens with one attached hydrogen (secondary N) is 1. The van der Waals surface area contributed by atoms with Gasteiger partial charge in [0.05, 0.1) is 5.41 Å². The number of hydrogen-bond donors (Lipinski definition) is 1. The first-order valence-electron chi connectivity index (χ1n) is 7.17. The van der Waals surface area contributed by atoms with Crippen LogP contribution in [0.5, 0.6) is 0 Å². The summed E-state index contributed by atoms with van der Waals surface area (Å²) in [7, 11) is 2.11. The van der Waals surface area contributed by atoms with Crippen molar-refractivity contribution in [3.63, 3.8) is 0 Å². The SMILES string of the molecule is CCNC(=O)C1(Cc2ccccc2)CCCN(C)C1. The molecule has 2 rings (SSSR count). The van der Waals surface area contributed by atoms with Crippen molar-refractivity contribution in [1.82, 2.24) is 10.2 Å². The molecule has 0 radical (unpaired) electrons. The smallest absolute Gasteiger partial charge is 0.227 e. The number of carbonyl (C=O) groups is 1. The number of amides is 1. The van der Waals surface area contributed by atoms with Gasteiger partial charge in [-0.3, -0.25) is 4.79 Å². The van der Waals surface area contributed by atoms with E-state index in [1.807, 2.05) is 25.1 Å². The van der Waals surface area contributed by atoms with Crippen molar-refractivity contribution < 1.29 is 4.79 Å². The van der Waals surface area contributed by atoms with Crippen molar-refractivity contribution in [2.24, 2.45) is 5.41 Å². The Hall–Kier alpha value is -1.35. The van der Waals surface area contributed by atoms with Crippen molar-refractivity contribution in [3.05, 3.63) is 35.9 Å². The molecule has 3 nitrogen and oxygen atoms in total. The van der Waals surface area contributed by atoms with Crippen LogP contribution < -0.4 is 5.32 Å². The standard InChI is InChI=1S/C16H24N2O/c1-3-17-15(19)16(10-7-11-18(2)13-16)12-14-8-5-4-6-9-14/h4-6,8-9H,3,7,10-13H2,1-2H3,(H,17,19). The summed E-state index contributed by atoms with van der Waals surface area (Å²) in [4.78, 5) is 14.8. The first-order valence-corrected chi connectivity index (χ1v) is 7.17. The Morgan fingerprint density at radius 2 is 2.11 bits per heavy atom. The largest absolute Gasteiger partial charge is 0.356 e. The highest BCUT2D eigenvalue weighted by atomic mass is 16.2. The minimum absolute atomic E-state index is 0.213. The second-order valence-corrected chi connectivity index (χ2v) is 5.64. The van der Waals surface area contributed by atoms with Crippen LogP contribution in [0.25, 0.3) is 0 Å². The van der Waals surface area contributed by atoms with E-state index in [1.165, 1.54) is 5.56 Å². The van der Waals surface area contributed by atoms with Crippen molar-refractivity contribution in [3.8, 4) is 0 Å². The first-order chi connectivity index (χ1) is 9.16. The third kappa shape index (κ3) is 3.35. The minimum Gasteiger partial charge on any atom is -0.356 e. The molecule has 1 N–H and O–H groups in total. The monoisotopic (exact) mass is 260 g/mol. The maximum Gasteiger partial charge on any atom is 0.227 e. The number of rotatable bonds is 4. The summed E-state index contributed by atoms with van der Waals surface area (Å²) >= 11 is 0. The van der Waals surface area contributed by atoms with Crippen LogP contribution in [0.2, 0.25) is 0 Å². The predicted octanol–water partition coefficient (Wildman–Crippen LogP) is 2.08. The Bertz CT molecular complexity index is 418. The normalized spacial score (nSPS) is 24.1. The Kier molecular flexibility index (Phi) is 4.59. The molecule has 0 saturated carbocycles. The Morgan fingerprint density at radius 1 is 1.37 bits per heavy atom. The second-order valence-electron chi connectivity index (χ2n) is 5.64. The molecular weight excluding hydrogens is 236 g/mol. The van der Waals surface area contributed by atoms with Gasteiger partial charge in [0, 0.05) is 13.1 Å². The van der Waals surface area contributed by atoms with E-state index in [1.54, 1.807) is 0 Å². The zero-order valence-corrected chi connectivity index (χ0v) is 12.0. The van der Waals surface area contributed by atoms with E-state index in [2.05, 4.69) is 29.4 Å². The molecule has 0 aromatic heterocycles. The van der Waals surface area contributed by atoms with Crippen LogP contribution in [-0.4, -0.2) is 37.5 Å². The zero-order chi connectivity index (χ0) is 13.7. The van der Waals surface area contributed by atoms with Crippen molar-refractivity contribution in [1.29, 1.82) is 0 Å². The maximum atomic E-state index is 12.5. The van der Waals surface area contributed by atoms with Gasteiger partial charge >= 0.3 is 0 Å². The summed E-state index contributed by atoms with van der Waals surface area (Å²) in [5, 5.41) is 3.03.